The van der Waals surface area contributed by atoms with E-state index in [0.717, 1.165) is 60.7 Å². The second kappa shape index (κ2) is 27.5. The molecule has 8 aromatic rings. The summed E-state index contributed by atoms with van der Waals surface area (Å²) in [7, 11) is -23.1. The number of nitrogen functional groups attached to an aromatic ring is 1. The van der Waals surface area contributed by atoms with E-state index in [1.165, 1.54) is 67.8 Å². The summed E-state index contributed by atoms with van der Waals surface area (Å²) in [4.78, 5) is -3.26. The van der Waals surface area contributed by atoms with Crippen LogP contribution in [0.5, 0.6) is 11.5 Å². The van der Waals surface area contributed by atoms with Crippen molar-refractivity contribution >= 4 is 282 Å². The van der Waals surface area contributed by atoms with Gasteiger partial charge in [0.15, 0.2) is 5.75 Å². The Balaban J connectivity index is 0.00000328. The molecule has 0 fully saturated rings. The third kappa shape index (κ3) is 16.2. The van der Waals surface area contributed by atoms with Gasteiger partial charge in [-0.05, 0) is 91.0 Å². The molecule has 0 atom stereocenters. The molecule has 8 N–H and O–H groups in total. The Morgan fingerprint density at radius 1 is 0.380 bits per heavy atom. The maximum absolute atomic E-state index is 12.9. The predicted molar refractivity (Wildman–Crippen MR) is 292 cm³/mol. The van der Waals surface area contributed by atoms with E-state index < -0.39 is 86.5 Å². The molecule has 5 radical (unpaired) electrons. The van der Waals surface area contributed by atoms with E-state index >= 15 is 0 Å². The van der Waals surface area contributed by atoms with E-state index in [1.54, 1.807) is 0 Å². The Bertz CT molecular complexity index is 4450. The largest absolute Gasteiger partial charge is 0.505 e. The molecule has 36 heteroatoms. The predicted octanol–water partition coefficient (Wildman–Crippen LogP) is 8.43. The summed E-state index contributed by atoms with van der Waals surface area (Å²) >= 11 is 0. The van der Waals surface area contributed by atoms with Gasteiger partial charge in [0.2, 0.25) is 0 Å². The van der Waals surface area contributed by atoms with Gasteiger partial charge in [-0.15, -0.1) is 30.7 Å². The third-order valence-electron chi connectivity index (χ3n) is 10.6. The van der Waals surface area contributed by atoms with Crippen molar-refractivity contribution in [1.82, 2.24) is 0 Å². The minimum Gasteiger partial charge on any atom is -0.505 e. The first-order chi connectivity index (χ1) is 34.6. The van der Waals surface area contributed by atoms with Gasteiger partial charge in [0.25, 0.3) is 50.6 Å². The molecule has 0 spiro atoms. The molecule has 79 heavy (non-hydrogen) atoms. The van der Waals surface area contributed by atoms with E-state index in [2.05, 4.69) is 40.9 Å². The average Bonchev–Trinajstić information content (AvgIpc) is 3.33. The monoisotopic (exact) mass is 1220 g/mol. The van der Waals surface area contributed by atoms with Gasteiger partial charge in [-0.25, -0.2) is 0 Å². The van der Waals surface area contributed by atoms with Crippen LogP contribution in [0.4, 0.5) is 51.2 Å². The maximum atomic E-state index is 12.9. The molecule has 0 saturated carbocycles. The van der Waals surface area contributed by atoms with E-state index in [0.29, 0.717) is 0 Å². The van der Waals surface area contributed by atoms with Crippen LogP contribution in [0.2, 0.25) is 0 Å². The molecule has 0 aliphatic carbocycles. The van der Waals surface area contributed by atoms with Crippen LogP contribution in [0.3, 0.4) is 0 Å². The molecule has 26 nitrogen and oxygen atoms in total. The zero-order valence-electron chi connectivity index (χ0n) is 41.9. The number of phenolic OH excluding ortho intramolecular Hbond substituents is 1. The van der Waals surface area contributed by atoms with Crippen molar-refractivity contribution in [2.45, 2.75) is 24.5 Å². The summed E-state index contributed by atoms with van der Waals surface area (Å²) in [5.41, 5.74) is 4.35. The van der Waals surface area contributed by atoms with E-state index in [9.17, 15) is 70.0 Å². The molecular weight excluding hydrogens is 1190 g/mol. The third-order valence-corrected chi connectivity index (χ3v) is 14.8. The van der Waals surface area contributed by atoms with Crippen molar-refractivity contribution in [3.63, 3.8) is 0 Å². The van der Waals surface area contributed by atoms with Gasteiger partial charge in [0.05, 0.1) is 60.8 Å². The molecule has 0 bridgehead atoms. The number of azo groups is 4. The molecular formula is C43H31N9Na5O17S5. The van der Waals surface area contributed by atoms with Crippen molar-refractivity contribution in [2.24, 2.45) is 40.9 Å². The van der Waals surface area contributed by atoms with Crippen molar-refractivity contribution < 1.29 is 74.7 Å². The van der Waals surface area contributed by atoms with Gasteiger partial charge >= 0.3 is 0 Å². The fourth-order valence-corrected chi connectivity index (χ4v) is 9.85. The number of fused-ring (bicyclic) bond motifs is 3. The van der Waals surface area contributed by atoms with Crippen molar-refractivity contribution in [2.75, 3.05) is 12.8 Å². The van der Waals surface area contributed by atoms with Crippen LogP contribution >= 0.6 is 0 Å². The average molecular weight is 1220 g/mol. The number of methoxy groups -OCH3 is 1. The molecule has 0 aliphatic heterocycles. The Kier molecular flexibility index (Phi) is 24.4. The van der Waals surface area contributed by atoms with Crippen LogP contribution in [-0.4, -0.2) is 225 Å². The number of anilines is 1. The second-order valence-corrected chi connectivity index (χ2v) is 22.4. The maximum Gasteiger partial charge on any atom is 0.296 e. The molecule has 385 valence electrons. The molecule has 8 aromatic carbocycles. The van der Waals surface area contributed by atoms with E-state index in [-0.39, 0.29) is 231 Å². The molecule has 0 aromatic heterocycles. The van der Waals surface area contributed by atoms with Gasteiger partial charge in [-0.2, -0.15) is 52.3 Å². The van der Waals surface area contributed by atoms with Gasteiger partial charge in [0, 0.05) is 186 Å². The fraction of sp³-hybridized carbons (Fsp3) is 0.0233. The number of aromatic hydroxyl groups is 1. The Morgan fingerprint density at radius 2 is 0.797 bits per heavy atom. The van der Waals surface area contributed by atoms with Crippen molar-refractivity contribution in [3.05, 3.63) is 121 Å². The second-order valence-electron chi connectivity index (χ2n) is 15.3. The number of nitrogens with zero attached hydrogens (tertiary/aromatic N) is 8. The SMILES string of the molecule is COc1cc(N=Nc2ccc(N=Nc3cccc(S(=O)(=O)O)c3)c3ccc(S(=O)(=O)O)cc23)c2cc(S(=O)(=O)O)ccc2c1N=Nc1c(S(=O)(=O)O)cc2c(N=Nc3cccc(S(=O)(=O)O)c3)c(N)ccc2c1O.[Na].[Na].[Na].[Na].[Na]. The Morgan fingerprint density at radius 3 is 1.30 bits per heavy atom. The first-order valence-corrected chi connectivity index (χ1v) is 27.4. The van der Waals surface area contributed by atoms with Gasteiger partial charge in [-0.1, -0.05) is 24.3 Å². The first-order valence-electron chi connectivity index (χ1n) is 20.2. The van der Waals surface area contributed by atoms with Crippen LogP contribution < -0.4 is 10.5 Å². The summed E-state index contributed by atoms with van der Waals surface area (Å²) in [6, 6.07) is 23.1. The summed E-state index contributed by atoms with van der Waals surface area (Å²) in [5.74, 6) is -1.10. The number of nitrogens with two attached hydrogens (primary N) is 1. The number of hydrogen-bond donors (Lipinski definition) is 7. The standard InChI is InChI=1S/C43H31N9O17S5.5Na/c1-69-38-21-37(49-48-36-15-14-35(28-10-8-26(18-31(28)36)72(60,61)62)47-45-22-4-2-6-24(16-22)70(54,55)56)32-19-27(73(63,64)65)9-11-29(32)41(38)51-52-42-39(74(66,67)68)20-33-30(43(42)53)12-13-34(44)40(33)50-46-23-5-3-7-25(17-23)71(57,58)59;;;;;/h2-21,53H,44H2,1H3,(H,54,55,56)(H,57,58,59)(H,60,61,62)(H,63,64,65)(H,66,67,68);;;;;. The van der Waals surface area contributed by atoms with Crippen LogP contribution in [-0.2, 0) is 50.6 Å². The number of hydrogen-bond acceptors (Lipinski definition) is 21. The summed E-state index contributed by atoms with van der Waals surface area (Å²) in [6.07, 6.45) is 0. The van der Waals surface area contributed by atoms with Crippen LogP contribution in [0.1, 0.15) is 0 Å². The number of rotatable bonds is 14. The van der Waals surface area contributed by atoms with Crippen LogP contribution in [0.15, 0.2) is 187 Å². The van der Waals surface area contributed by atoms with Gasteiger partial charge < -0.3 is 15.6 Å². The minimum absolute atomic E-state index is 0. The summed E-state index contributed by atoms with van der Waals surface area (Å²) in [6.45, 7) is 0. The van der Waals surface area contributed by atoms with E-state index in [1.807, 2.05) is 0 Å². The Labute approximate surface area is 559 Å². The van der Waals surface area contributed by atoms with Crippen LogP contribution in [0, 0.1) is 0 Å². The van der Waals surface area contributed by atoms with Gasteiger partial charge in [-0.3, -0.25) is 22.8 Å². The quantitative estimate of drug-likeness (QED) is 0.0232. The number of phenols is 1. The molecule has 0 saturated heterocycles. The Hall–Kier alpha value is -3.11. The minimum atomic E-state index is -5.30. The number of ether oxygens (including phenoxy) is 1. The van der Waals surface area contributed by atoms with E-state index in [4.69, 9.17) is 10.5 Å². The molecule has 0 aliphatic rings. The zero-order valence-corrected chi connectivity index (χ0v) is 56.0. The van der Waals surface area contributed by atoms with Crippen LogP contribution in [0.25, 0.3) is 32.3 Å². The zero-order chi connectivity index (χ0) is 53.7. The van der Waals surface area contributed by atoms with Gasteiger partial charge in [0.1, 0.15) is 27.7 Å². The fourth-order valence-electron chi connectivity index (χ4n) is 7.14. The first kappa shape index (κ1) is 70.2. The molecule has 0 heterocycles. The van der Waals surface area contributed by atoms with Crippen molar-refractivity contribution in [3.8, 4) is 11.5 Å². The molecule has 0 unspecified atom stereocenters. The topological polar surface area (TPSA) is 426 Å². The molecule has 8 rings (SSSR count). The van der Waals surface area contributed by atoms with Crippen molar-refractivity contribution in [1.29, 1.82) is 0 Å². The molecule has 0 amide bonds. The normalized spacial score (nSPS) is 12.3. The summed E-state index contributed by atoms with van der Waals surface area (Å²) in [5, 5.41) is 44.0. The summed E-state index contributed by atoms with van der Waals surface area (Å²) < 4.78 is 177. The smallest absolute Gasteiger partial charge is 0.296 e. The number of benzene rings is 8.